The Hall–Kier alpha value is -3.18. The van der Waals surface area contributed by atoms with Gasteiger partial charge in [0.1, 0.15) is 5.82 Å². The van der Waals surface area contributed by atoms with Gasteiger partial charge in [-0.2, -0.15) is 4.99 Å². The van der Waals surface area contributed by atoms with Crippen molar-refractivity contribution in [1.29, 1.82) is 0 Å². The molecular weight excluding hydrogens is 374 g/mol. The van der Waals surface area contributed by atoms with Crippen molar-refractivity contribution in [3.63, 3.8) is 0 Å². The van der Waals surface area contributed by atoms with E-state index >= 15 is 0 Å². The van der Waals surface area contributed by atoms with Crippen LogP contribution in [0.25, 0.3) is 10.2 Å². The van der Waals surface area contributed by atoms with Gasteiger partial charge < -0.3 is 14.0 Å². The average Bonchev–Trinajstić information content (AvgIpc) is 2.97. The number of thiazole rings is 1. The van der Waals surface area contributed by atoms with Gasteiger partial charge in [-0.25, -0.2) is 8.78 Å². The molecule has 3 rings (SSSR count). The summed E-state index contributed by atoms with van der Waals surface area (Å²) in [4.78, 5) is 16.3. The highest BCUT2D eigenvalue weighted by Crippen LogP contribution is 2.25. The van der Waals surface area contributed by atoms with Gasteiger partial charge in [-0.15, -0.1) is 6.42 Å². The Morgan fingerprint density at radius 3 is 2.74 bits per heavy atom. The number of rotatable bonds is 5. The molecule has 2 aromatic carbocycles. The van der Waals surface area contributed by atoms with Crippen LogP contribution in [0.4, 0.5) is 8.78 Å². The number of hydrogen-bond donors (Lipinski definition) is 0. The molecule has 0 saturated carbocycles. The number of aromatic nitrogens is 1. The van der Waals surface area contributed by atoms with Crippen molar-refractivity contribution in [2.75, 3.05) is 13.7 Å². The molecule has 0 spiro atoms. The Balaban J connectivity index is 1.93. The summed E-state index contributed by atoms with van der Waals surface area (Å²) in [6.45, 7) is -0.358. The molecule has 5 nitrogen and oxygen atoms in total. The van der Waals surface area contributed by atoms with E-state index in [4.69, 9.17) is 15.9 Å². The Morgan fingerprint density at radius 2 is 2.04 bits per heavy atom. The van der Waals surface area contributed by atoms with Crippen LogP contribution in [-0.2, 0) is 11.3 Å². The number of benzene rings is 2. The van der Waals surface area contributed by atoms with Crippen molar-refractivity contribution in [3.05, 3.63) is 52.8 Å². The van der Waals surface area contributed by atoms with E-state index in [-0.39, 0.29) is 23.5 Å². The predicted octanol–water partition coefficient (Wildman–Crippen LogP) is 3.13. The summed E-state index contributed by atoms with van der Waals surface area (Å²) < 4.78 is 39.8. The highest BCUT2D eigenvalue weighted by Gasteiger charge is 2.14. The summed E-state index contributed by atoms with van der Waals surface area (Å²) >= 11 is 0.969. The largest absolute Gasteiger partial charge is 0.493 e. The fourth-order valence-electron chi connectivity index (χ4n) is 2.47. The van der Waals surface area contributed by atoms with Gasteiger partial charge in [-0.3, -0.25) is 4.79 Å². The van der Waals surface area contributed by atoms with Gasteiger partial charge >= 0.3 is 0 Å². The van der Waals surface area contributed by atoms with E-state index in [0.717, 1.165) is 17.4 Å². The molecule has 0 unspecified atom stereocenters. The molecular formula is C19H14F2N2O3S. The third-order valence-electron chi connectivity index (χ3n) is 3.59. The summed E-state index contributed by atoms with van der Waals surface area (Å²) in [7, 11) is 1.49. The van der Waals surface area contributed by atoms with E-state index in [1.165, 1.54) is 17.7 Å². The number of halogens is 2. The van der Waals surface area contributed by atoms with E-state index in [1.54, 1.807) is 24.3 Å². The first-order valence-corrected chi connectivity index (χ1v) is 8.60. The summed E-state index contributed by atoms with van der Waals surface area (Å²) in [5.74, 6) is 1.17. The van der Waals surface area contributed by atoms with Crippen molar-refractivity contribution in [1.82, 2.24) is 4.57 Å². The zero-order valence-electron chi connectivity index (χ0n) is 14.2. The molecule has 1 aromatic heterocycles. The van der Waals surface area contributed by atoms with E-state index in [1.807, 2.05) is 0 Å². The van der Waals surface area contributed by atoms with Gasteiger partial charge in [0.2, 0.25) is 0 Å². The SMILES string of the molecule is C#CCn1c(=NC(=O)COc2ccccc2OC)sc2cc(F)cc(F)c21. The molecule has 0 saturated heterocycles. The number of carbonyl (C=O) groups excluding carboxylic acids is 1. The van der Waals surface area contributed by atoms with Gasteiger partial charge in [0.25, 0.3) is 5.91 Å². The number of ether oxygens (including phenoxy) is 2. The summed E-state index contributed by atoms with van der Waals surface area (Å²) in [5.41, 5.74) is 0.108. The first-order chi connectivity index (χ1) is 13.0. The van der Waals surface area contributed by atoms with Crippen molar-refractivity contribution < 1.29 is 23.0 Å². The minimum atomic E-state index is -0.768. The number of amides is 1. The van der Waals surface area contributed by atoms with Crippen LogP contribution in [0.1, 0.15) is 0 Å². The average molecular weight is 388 g/mol. The molecule has 0 radical (unpaired) electrons. The quantitative estimate of drug-likeness (QED) is 0.631. The molecule has 27 heavy (non-hydrogen) atoms. The number of terminal acetylenes is 1. The maximum atomic E-state index is 14.1. The summed E-state index contributed by atoms with van der Waals surface area (Å²) in [5, 5.41) is 0. The second-order valence-corrected chi connectivity index (χ2v) is 6.36. The minimum Gasteiger partial charge on any atom is -0.493 e. The fourth-order valence-corrected chi connectivity index (χ4v) is 3.55. The molecule has 1 amide bonds. The van der Waals surface area contributed by atoms with Crippen LogP contribution in [0.2, 0.25) is 0 Å². The second kappa shape index (κ2) is 8.01. The first-order valence-electron chi connectivity index (χ1n) is 7.78. The Bertz CT molecular complexity index is 1110. The zero-order valence-corrected chi connectivity index (χ0v) is 15.1. The van der Waals surface area contributed by atoms with Crippen LogP contribution in [0.15, 0.2) is 41.4 Å². The molecule has 0 N–H and O–H groups in total. The third kappa shape index (κ3) is 3.99. The molecule has 1 heterocycles. The minimum absolute atomic E-state index is 0.0119. The van der Waals surface area contributed by atoms with Crippen LogP contribution in [0, 0.1) is 24.0 Å². The number of carbonyl (C=O) groups is 1. The Morgan fingerprint density at radius 1 is 1.30 bits per heavy atom. The number of para-hydroxylation sites is 2. The van der Waals surface area contributed by atoms with Gasteiger partial charge in [-0.05, 0) is 18.2 Å². The second-order valence-electron chi connectivity index (χ2n) is 5.35. The molecule has 0 atom stereocenters. The molecule has 0 fully saturated rings. The van der Waals surface area contributed by atoms with E-state index in [0.29, 0.717) is 16.2 Å². The normalized spacial score (nSPS) is 11.4. The van der Waals surface area contributed by atoms with Gasteiger partial charge in [0.05, 0.1) is 23.9 Å². The van der Waals surface area contributed by atoms with Crippen LogP contribution in [0.3, 0.4) is 0 Å². The van der Waals surface area contributed by atoms with Gasteiger partial charge in [-0.1, -0.05) is 29.4 Å². The van der Waals surface area contributed by atoms with E-state index in [2.05, 4.69) is 10.9 Å². The van der Waals surface area contributed by atoms with E-state index in [9.17, 15) is 13.6 Å². The van der Waals surface area contributed by atoms with E-state index < -0.39 is 17.5 Å². The summed E-state index contributed by atoms with van der Waals surface area (Å²) in [6.07, 6.45) is 5.33. The van der Waals surface area contributed by atoms with Crippen LogP contribution in [-0.4, -0.2) is 24.2 Å². The highest BCUT2D eigenvalue weighted by molar-refractivity contribution is 7.16. The van der Waals surface area contributed by atoms with Crippen molar-refractivity contribution in [2.24, 2.45) is 4.99 Å². The monoisotopic (exact) mass is 388 g/mol. The molecule has 138 valence electrons. The van der Waals surface area contributed by atoms with Gasteiger partial charge in [0.15, 0.2) is 28.7 Å². The number of methoxy groups -OCH3 is 1. The lowest BCUT2D eigenvalue weighted by Crippen LogP contribution is -2.19. The highest BCUT2D eigenvalue weighted by atomic mass is 32.1. The van der Waals surface area contributed by atoms with Crippen molar-refractivity contribution >= 4 is 27.5 Å². The molecule has 8 heteroatoms. The molecule has 0 aliphatic heterocycles. The number of nitrogens with zero attached hydrogens (tertiary/aromatic N) is 2. The fraction of sp³-hybridized carbons (Fsp3) is 0.158. The van der Waals surface area contributed by atoms with Crippen LogP contribution in [0.5, 0.6) is 11.5 Å². The standard InChI is InChI=1S/C19H14F2N2O3S/c1-3-8-23-18-13(21)9-12(20)10-16(18)27-19(23)22-17(24)11-26-15-7-5-4-6-14(15)25-2/h1,4-7,9-10H,8,11H2,2H3. The first kappa shape index (κ1) is 18.6. The Kier molecular flexibility index (Phi) is 5.52. The van der Waals surface area contributed by atoms with Crippen molar-refractivity contribution in [3.8, 4) is 23.8 Å². The maximum absolute atomic E-state index is 14.1. The molecule has 0 aliphatic rings. The molecule has 0 bridgehead atoms. The zero-order chi connectivity index (χ0) is 19.4. The lowest BCUT2D eigenvalue weighted by molar-refractivity contribution is -0.120. The Labute approximate surface area is 157 Å². The molecule has 3 aromatic rings. The maximum Gasteiger partial charge on any atom is 0.286 e. The third-order valence-corrected chi connectivity index (χ3v) is 4.61. The van der Waals surface area contributed by atoms with Crippen molar-refractivity contribution in [2.45, 2.75) is 6.54 Å². The number of hydrogen-bond acceptors (Lipinski definition) is 4. The number of fused-ring (bicyclic) bond motifs is 1. The smallest absolute Gasteiger partial charge is 0.286 e. The molecule has 0 aliphatic carbocycles. The summed E-state index contributed by atoms with van der Waals surface area (Å²) in [6, 6.07) is 8.79. The lowest BCUT2D eigenvalue weighted by Gasteiger charge is -2.08. The predicted molar refractivity (Wildman–Crippen MR) is 97.6 cm³/mol. The lowest BCUT2D eigenvalue weighted by atomic mass is 10.3. The van der Waals surface area contributed by atoms with Crippen LogP contribution >= 0.6 is 11.3 Å². The van der Waals surface area contributed by atoms with Crippen LogP contribution < -0.4 is 14.3 Å². The van der Waals surface area contributed by atoms with Gasteiger partial charge in [0, 0.05) is 6.07 Å². The topological polar surface area (TPSA) is 52.8 Å².